The van der Waals surface area contributed by atoms with E-state index in [2.05, 4.69) is 53.7 Å². The quantitative estimate of drug-likeness (QED) is 0.382. The zero-order valence-corrected chi connectivity index (χ0v) is 16.6. The molecule has 0 saturated heterocycles. The number of methoxy groups -OCH3 is 1. The molecule has 2 rings (SSSR count). The molecular weight excluding hydrogens is 338 g/mol. The number of nitrogens with one attached hydrogen (secondary N) is 2. The van der Waals surface area contributed by atoms with Crippen molar-refractivity contribution in [1.29, 1.82) is 0 Å². The van der Waals surface area contributed by atoms with Crippen LogP contribution in [0.25, 0.3) is 0 Å². The second kappa shape index (κ2) is 12.0. The fourth-order valence-corrected chi connectivity index (χ4v) is 2.60. The van der Waals surface area contributed by atoms with Crippen LogP contribution in [0.4, 0.5) is 0 Å². The molecule has 0 heterocycles. The minimum absolute atomic E-state index is 0.415. The SMILES string of the molecule is CCNC(=NCc1ccc(OCCOC)cc1)NCC(C)c1ccccc1. The van der Waals surface area contributed by atoms with Gasteiger partial charge in [-0.05, 0) is 36.1 Å². The summed E-state index contributed by atoms with van der Waals surface area (Å²) in [4.78, 5) is 4.69. The lowest BCUT2D eigenvalue weighted by Gasteiger charge is -2.16. The van der Waals surface area contributed by atoms with E-state index in [1.54, 1.807) is 7.11 Å². The van der Waals surface area contributed by atoms with Gasteiger partial charge in [0.2, 0.25) is 0 Å². The van der Waals surface area contributed by atoms with Crippen molar-refractivity contribution < 1.29 is 9.47 Å². The number of ether oxygens (including phenoxy) is 2. The van der Waals surface area contributed by atoms with Crippen molar-refractivity contribution in [3.63, 3.8) is 0 Å². The highest BCUT2D eigenvalue weighted by Gasteiger charge is 2.06. The third-order valence-corrected chi connectivity index (χ3v) is 4.19. The molecule has 1 atom stereocenters. The predicted molar refractivity (Wildman–Crippen MR) is 111 cm³/mol. The Hall–Kier alpha value is -2.53. The van der Waals surface area contributed by atoms with E-state index in [4.69, 9.17) is 9.47 Å². The Morgan fingerprint density at radius 1 is 1.00 bits per heavy atom. The zero-order valence-electron chi connectivity index (χ0n) is 16.6. The first-order valence-electron chi connectivity index (χ1n) is 9.50. The van der Waals surface area contributed by atoms with Crippen LogP contribution in [-0.2, 0) is 11.3 Å². The number of nitrogens with zero attached hydrogens (tertiary/aromatic N) is 1. The molecule has 0 saturated carbocycles. The van der Waals surface area contributed by atoms with E-state index in [1.165, 1.54) is 5.56 Å². The summed E-state index contributed by atoms with van der Waals surface area (Å²) >= 11 is 0. The minimum atomic E-state index is 0.415. The third kappa shape index (κ3) is 7.71. The van der Waals surface area contributed by atoms with Gasteiger partial charge in [-0.3, -0.25) is 0 Å². The van der Waals surface area contributed by atoms with Crippen LogP contribution in [0.2, 0.25) is 0 Å². The van der Waals surface area contributed by atoms with Crippen molar-refractivity contribution in [2.24, 2.45) is 4.99 Å². The Morgan fingerprint density at radius 3 is 2.41 bits per heavy atom. The number of rotatable bonds is 10. The first kappa shape index (κ1) is 20.8. The number of hydrogen-bond donors (Lipinski definition) is 2. The van der Waals surface area contributed by atoms with Crippen molar-refractivity contribution in [2.45, 2.75) is 26.3 Å². The maximum absolute atomic E-state index is 5.59. The average Bonchev–Trinajstić information content (AvgIpc) is 2.71. The topological polar surface area (TPSA) is 54.9 Å². The standard InChI is InChI=1S/C22H31N3O2/c1-4-23-22(24-16-18(2)20-8-6-5-7-9-20)25-17-19-10-12-21(13-11-19)27-15-14-26-3/h5-13,18H,4,14-17H2,1-3H3,(H2,23,24,25). The summed E-state index contributed by atoms with van der Waals surface area (Å²) in [6.45, 7) is 7.72. The normalized spacial score (nSPS) is 12.5. The van der Waals surface area contributed by atoms with Crippen LogP contribution in [0.5, 0.6) is 5.75 Å². The summed E-state index contributed by atoms with van der Waals surface area (Å²) in [5.41, 5.74) is 2.47. The Kier molecular flexibility index (Phi) is 9.21. The lowest BCUT2D eigenvalue weighted by molar-refractivity contribution is 0.146. The fraction of sp³-hybridized carbons (Fsp3) is 0.409. The van der Waals surface area contributed by atoms with Crippen LogP contribution >= 0.6 is 0 Å². The molecule has 1 unspecified atom stereocenters. The monoisotopic (exact) mass is 369 g/mol. The maximum Gasteiger partial charge on any atom is 0.191 e. The fourth-order valence-electron chi connectivity index (χ4n) is 2.60. The van der Waals surface area contributed by atoms with Crippen LogP contribution in [0, 0.1) is 0 Å². The highest BCUT2D eigenvalue weighted by Crippen LogP contribution is 2.14. The molecule has 0 bridgehead atoms. The number of benzene rings is 2. The second-order valence-electron chi connectivity index (χ2n) is 6.37. The van der Waals surface area contributed by atoms with Crippen LogP contribution in [-0.4, -0.2) is 39.4 Å². The minimum Gasteiger partial charge on any atom is -0.491 e. The number of aliphatic imine (C=N–C) groups is 1. The molecule has 0 aliphatic heterocycles. The molecule has 2 aromatic carbocycles. The van der Waals surface area contributed by atoms with Gasteiger partial charge < -0.3 is 20.1 Å². The molecule has 0 aliphatic rings. The zero-order chi connectivity index (χ0) is 19.3. The Bertz CT molecular complexity index is 672. The molecule has 2 N–H and O–H groups in total. The molecule has 0 amide bonds. The molecule has 5 nitrogen and oxygen atoms in total. The van der Waals surface area contributed by atoms with Crippen LogP contribution in [0.1, 0.15) is 30.9 Å². The van der Waals surface area contributed by atoms with Gasteiger partial charge in [-0.2, -0.15) is 0 Å². The van der Waals surface area contributed by atoms with Crippen molar-refractivity contribution in [3.05, 3.63) is 65.7 Å². The summed E-state index contributed by atoms with van der Waals surface area (Å²) in [7, 11) is 1.67. The van der Waals surface area contributed by atoms with E-state index in [9.17, 15) is 0 Å². The van der Waals surface area contributed by atoms with Gasteiger partial charge in [-0.1, -0.05) is 49.4 Å². The van der Waals surface area contributed by atoms with E-state index in [1.807, 2.05) is 30.3 Å². The van der Waals surface area contributed by atoms with E-state index in [0.717, 1.165) is 30.4 Å². The maximum atomic E-state index is 5.59. The lowest BCUT2D eigenvalue weighted by Crippen LogP contribution is -2.39. The molecule has 2 aromatic rings. The Labute approximate surface area is 162 Å². The van der Waals surface area contributed by atoms with E-state index < -0.39 is 0 Å². The van der Waals surface area contributed by atoms with Crippen molar-refractivity contribution in [3.8, 4) is 5.75 Å². The van der Waals surface area contributed by atoms with E-state index in [-0.39, 0.29) is 0 Å². The molecule has 0 spiro atoms. The summed E-state index contributed by atoms with van der Waals surface area (Å²) < 4.78 is 10.6. The molecule has 0 radical (unpaired) electrons. The first-order valence-corrected chi connectivity index (χ1v) is 9.50. The van der Waals surface area contributed by atoms with Crippen molar-refractivity contribution in [1.82, 2.24) is 10.6 Å². The van der Waals surface area contributed by atoms with Gasteiger partial charge in [0.1, 0.15) is 12.4 Å². The van der Waals surface area contributed by atoms with Gasteiger partial charge in [0.15, 0.2) is 5.96 Å². The summed E-state index contributed by atoms with van der Waals surface area (Å²) in [5, 5.41) is 6.74. The smallest absolute Gasteiger partial charge is 0.191 e. The van der Waals surface area contributed by atoms with Gasteiger partial charge in [0.25, 0.3) is 0 Å². The van der Waals surface area contributed by atoms with Gasteiger partial charge >= 0.3 is 0 Å². The lowest BCUT2D eigenvalue weighted by atomic mass is 10.0. The highest BCUT2D eigenvalue weighted by molar-refractivity contribution is 5.79. The average molecular weight is 370 g/mol. The predicted octanol–water partition coefficient (Wildman–Crippen LogP) is 3.57. The molecule has 0 aliphatic carbocycles. The molecule has 0 fully saturated rings. The van der Waals surface area contributed by atoms with Crippen LogP contribution < -0.4 is 15.4 Å². The van der Waals surface area contributed by atoms with Crippen molar-refractivity contribution >= 4 is 5.96 Å². The molecule has 5 heteroatoms. The second-order valence-corrected chi connectivity index (χ2v) is 6.37. The van der Waals surface area contributed by atoms with Crippen LogP contribution in [0.15, 0.2) is 59.6 Å². The van der Waals surface area contributed by atoms with E-state index in [0.29, 0.717) is 25.7 Å². The van der Waals surface area contributed by atoms with Gasteiger partial charge in [0.05, 0.1) is 13.2 Å². The largest absolute Gasteiger partial charge is 0.491 e. The van der Waals surface area contributed by atoms with Gasteiger partial charge in [-0.25, -0.2) is 4.99 Å². The van der Waals surface area contributed by atoms with Crippen molar-refractivity contribution in [2.75, 3.05) is 33.4 Å². The number of guanidine groups is 1. The molecular formula is C22H31N3O2. The Balaban J connectivity index is 1.87. The Morgan fingerprint density at radius 2 is 1.74 bits per heavy atom. The van der Waals surface area contributed by atoms with E-state index >= 15 is 0 Å². The summed E-state index contributed by atoms with van der Waals surface area (Å²) in [6, 6.07) is 18.5. The van der Waals surface area contributed by atoms with Gasteiger partial charge in [0, 0.05) is 20.2 Å². The first-order chi connectivity index (χ1) is 13.2. The van der Waals surface area contributed by atoms with Gasteiger partial charge in [-0.15, -0.1) is 0 Å². The summed E-state index contributed by atoms with van der Waals surface area (Å²) in [6.07, 6.45) is 0. The molecule has 0 aromatic heterocycles. The highest BCUT2D eigenvalue weighted by atomic mass is 16.5. The molecule has 146 valence electrons. The number of hydrogen-bond acceptors (Lipinski definition) is 3. The molecule has 27 heavy (non-hydrogen) atoms. The summed E-state index contributed by atoms with van der Waals surface area (Å²) in [5.74, 6) is 2.10. The third-order valence-electron chi connectivity index (χ3n) is 4.19. The van der Waals surface area contributed by atoms with Crippen LogP contribution in [0.3, 0.4) is 0 Å².